The lowest BCUT2D eigenvalue weighted by atomic mass is 10.1. The first kappa shape index (κ1) is 20.3. The molecule has 0 fully saturated rings. The van der Waals surface area contributed by atoms with Crippen LogP contribution in [0.4, 0.5) is 0 Å². The fourth-order valence-electron chi connectivity index (χ4n) is 2.03. The molecule has 21 heavy (non-hydrogen) atoms. The molecule has 0 aliphatic heterocycles. The van der Waals surface area contributed by atoms with E-state index in [9.17, 15) is 0 Å². The maximum atomic E-state index is 4.55. The van der Waals surface area contributed by atoms with Crippen LogP contribution in [0.25, 0.3) is 0 Å². The molecule has 0 aromatic carbocycles. The Morgan fingerprint density at radius 1 is 0.762 bits per heavy atom. The van der Waals surface area contributed by atoms with E-state index in [1.807, 2.05) is 0 Å². The first-order chi connectivity index (χ1) is 9.81. The van der Waals surface area contributed by atoms with E-state index in [0.717, 1.165) is 25.7 Å². The lowest BCUT2D eigenvalue weighted by molar-refractivity contribution is 0.281. The quantitative estimate of drug-likeness (QED) is 0.579. The van der Waals surface area contributed by atoms with Crippen LogP contribution in [0.1, 0.15) is 53.4 Å². The maximum absolute atomic E-state index is 4.55. The first-order valence-corrected chi connectivity index (χ1v) is 8.29. The summed E-state index contributed by atoms with van der Waals surface area (Å²) in [6, 6.07) is 4.72. The minimum Gasteiger partial charge on any atom is -0.307 e. The molecule has 0 amide bonds. The summed E-state index contributed by atoms with van der Waals surface area (Å²) >= 11 is 0. The SMILES string of the molecule is CCC(CC(C)N(C)C)N=C=NC(CC)CC(C)N(C)C. The predicted octanol–water partition coefficient (Wildman–Crippen LogP) is 3.40. The normalized spacial score (nSPS) is 17.2. The van der Waals surface area contributed by atoms with Crippen LogP contribution in [0.3, 0.4) is 0 Å². The molecule has 4 nitrogen and oxygen atoms in total. The van der Waals surface area contributed by atoms with Crippen molar-refractivity contribution in [2.24, 2.45) is 9.98 Å². The summed E-state index contributed by atoms with van der Waals surface area (Å²) in [5, 5.41) is 0. The second-order valence-corrected chi connectivity index (χ2v) is 6.58. The Kier molecular flexibility index (Phi) is 10.6. The molecule has 0 saturated heterocycles. The lowest BCUT2D eigenvalue weighted by Crippen LogP contribution is -2.28. The van der Waals surface area contributed by atoms with Gasteiger partial charge in [0.15, 0.2) is 0 Å². The molecule has 0 rings (SSSR count). The number of nitrogens with zero attached hydrogens (tertiary/aromatic N) is 4. The van der Waals surface area contributed by atoms with Gasteiger partial charge in [0.25, 0.3) is 0 Å². The average molecular weight is 297 g/mol. The second kappa shape index (κ2) is 10.9. The summed E-state index contributed by atoms with van der Waals surface area (Å²) < 4.78 is 0. The standard InChI is InChI=1S/C17H36N4/c1-9-16(11-14(3)20(5)6)18-13-19-17(10-2)12-15(4)21(7)8/h14-17H,9-12H2,1-8H3. The van der Waals surface area contributed by atoms with E-state index in [0.29, 0.717) is 24.2 Å². The highest BCUT2D eigenvalue weighted by Gasteiger charge is 2.13. The van der Waals surface area contributed by atoms with E-state index in [1.54, 1.807) is 0 Å². The first-order valence-electron chi connectivity index (χ1n) is 8.29. The lowest BCUT2D eigenvalue weighted by Gasteiger charge is -2.22. The van der Waals surface area contributed by atoms with E-state index in [4.69, 9.17) is 0 Å². The topological polar surface area (TPSA) is 31.2 Å². The van der Waals surface area contributed by atoms with Gasteiger partial charge in [0.2, 0.25) is 0 Å². The average Bonchev–Trinajstić information content (AvgIpc) is 2.44. The van der Waals surface area contributed by atoms with E-state index in [2.05, 4.69) is 81.7 Å². The van der Waals surface area contributed by atoms with Crippen LogP contribution in [0.5, 0.6) is 0 Å². The van der Waals surface area contributed by atoms with Crippen molar-refractivity contribution >= 4 is 6.01 Å². The van der Waals surface area contributed by atoms with Crippen molar-refractivity contribution in [3.05, 3.63) is 0 Å². The van der Waals surface area contributed by atoms with E-state index in [-0.39, 0.29) is 0 Å². The smallest absolute Gasteiger partial charge is 0.0898 e. The summed E-state index contributed by atoms with van der Waals surface area (Å²) in [4.78, 5) is 13.6. The third-order valence-corrected chi connectivity index (χ3v) is 4.41. The Morgan fingerprint density at radius 2 is 1.10 bits per heavy atom. The van der Waals surface area contributed by atoms with Crippen LogP contribution in [-0.4, -0.2) is 68.2 Å². The molecular formula is C17H36N4. The van der Waals surface area contributed by atoms with Crippen LogP contribution < -0.4 is 0 Å². The molecule has 0 N–H and O–H groups in total. The molecular weight excluding hydrogens is 260 g/mol. The van der Waals surface area contributed by atoms with Crippen molar-refractivity contribution in [3.63, 3.8) is 0 Å². The highest BCUT2D eigenvalue weighted by atomic mass is 15.1. The van der Waals surface area contributed by atoms with Gasteiger partial charge in [-0.05, 0) is 67.7 Å². The zero-order chi connectivity index (χ0) is 16.4. The van der Waals surface area contributed by atoms with Crippen LogP contribution >= 0.6 is 0 Å². The predicted molar refractivity (Wildman–Crippen MR) is 93.6 cm³/mol. The molecule has 0 aliphatic rings. The number of hydrogen-bond acceptors (Lipinski definition) is 4. The Balaban J connectivity index is 4.56. The van der Waals surface area contributed by atoms with Crippen molar-refractivity contribution in [2.45, 2.75) is 77.5 Å². The molecule has 4 heteroatoms. The molecule has 0 bridgehead atoms. The summed E-state index contributed by atoms with van der Waals surface area (Å²) in [5.41, 5.74) is 0. The van der Waals surface area contributed by atoms with Gasteiger partial charge < -0.3 is 9.80 Å². The van der Waals surface area contributed by atoms with Crippen LogP contribution in [-0.2, 0) is 0 Å². The summed E-state index contributed by atoms with van der Waals surface area (Å²) in [6.45, 7) is 8.85. The maximum Gasteiger partial charge on any atom is 0.0898 e. The molecule has 0 spiro atoms. The highest BCUT2D eigenvalue weighted by molar-refractivity contribution is 5.42. The summed E-state index contributed by atoms with van der Waals surface area (Å²) in [5.74, 6) is 0. The Morgan fingerprint density at radius 3 is 1.33 bits per heavy atom. The molecule has 0 saturated carbocycles. The van der Waals surface area contributed by atoms with Crippen LogP contribution in [0.15, 0.2) is 9.98 Å². The van der Waals surface area contributed by atoms with E-state index >= 15 is 0 Å². The van der Waals surface area contributed by atoms with Gasteiger partial charge in [-0.2, -0.15) is 0 Å². The zero-order valence-corrected chi connectivity index (χ0v) is 15.4. The van der Waals surface area contributed by atoms with E-state index < -0.39 is 0 Å². The summed E-state index contributed by atoms with van der Waals surface area (Å²) in [6.07, 6.45) is 4.23. The van der Waals surface area contributed by atoms with Gasteiger partial charge >= 0.3 is 0 Å². The molecule has 0 radical (unpaired) electrons. The largest absolute Gasteiger partial charge is 0.307 e. The van der Waals surface area contributed by atoms with Crippen molar-refractivity contribution in [2.75, 3.05) is 28.2 Å². The minimum absolute atomic E-state index is 0.329. The Labute approximate surface area is 132 Å². The highest BCUT2D eigenvalue weighted by Crippen LogP contribution is 2.11. The van der Waals surface area contributed by atoms with Gasteiger partial charge in [0.1, 0.15) is 0 Å². The Hall–Kier alpha value is -0.700. The van der Waals surface area contributed by atoms with Crippen molar-refractivity contribution in [3.8, 4) is 0 Å². The van der Waals surface area contributed by atoms with Crippen molar-refractivity contribution < 1.29 is 0 Å². The third kappa shape index (κ3) is 9.02. The molecule has 0 aliphatic carbocycles. The molecule has 0 aromatic heterocycles. The van der Waals surface area contributed by atoms with Crippen LogP contribution in [0.2, 0.25) is 0 Å². The van der Waals surface area contributed by atoms with Gasteiger partial charge in [-0.25, -0.2) is 9.98 Å². The fraction of sp³-hybridized carbons (Fsp3) is 0.941. The van der Waals surface area contributed by atoms with Gasteiger partial charge in [-0.15, -0.1) is 0 Å². The zero-order valence-electron chi connectivity index (χ0n) is 15.4. The van der Waals surface area contributed by atoms with Gasteiger partial charge in [0.05, 0.1) is 18.1 Å². The number of rotatable bonds is 10. The van der Waals surface area contributed by atoms with Gasteiger partial charge in [-0.1, -0.05) is 13.8 Å². The molecule has 0 heterocycles. The van der Waals surface area contributed by atoms with Gasteiger partial charge in [-0.3, -0.25) is 0 Å². The molecule has 4 atom stereocenters. The van der Waals surface area contributed by atoms with Gasteiger partial charge in [0, 0.05) is 12.1 Å². The molecule has 4 unspecified atom stereocenters. The van der Waals surface area contributed by atoms with Crippen molar-refractivity contribution in [1.29, 1.82) is 0 Å². The third-order valence-electron chi connectivity index (χ3n) is 4.41. The van der Waals surface area contributed by atoms with Crippen molar-refractivity contribution in [1.82, 2.24) is 9.80 Å². The summed E-state index contributed by atoms with van der Waals surface area (Å²) in [7, 11) is 8.46. The molecule has 0 aromatic rings. The minimum atomic E-state index is 0.329. The fourth-order valence-corrected chi connectivity index (χ4v) is 2.03. The monoisotopic (exact) mass is 296 g/mol. The number of aliphatic imine (C=N–C) groups is 2. The second-order valence-electron chi connectivity index (χ2n) is 6.58. The van der Waals surface area contributed by atoms with Crippen LogP contribution in [0, 0.1) is 0 Å². The Bertz CT molecular complexity index is 291. The molecule has 124 valence electrons. The number of hydrogen-bond donors (Lipinski definition) is 0. The van der Waals surface area contributed by atoms with E-state index in [1.165, 1.54) is 0 Å².